The molecule has 0 unspecified atom stereocenters. The van der Waals surface area contributed by atoms with E-state index in [0.717, 1.165) is 10.6 Å². The fourth-order valence-corrected chi connectivity index (χ4v) is 2.62. The van der Waals surface area contributed by atoms with Crippen molar-refractivity contribution in [2.45, 2.75) is 11.9 Å². The molecule has 0 radical (unpaired) electrons. The highest BCUT2D eigenvalue weighted by Crippen LogP contribution is 2.30. The molecule has 0 atom stereocenters. The summed E-state index contributed by atoms with van der Waals surface area (Å²) in [5.74, 6) is -0.321. The number of thioether (sulfide) groups is 1. The van der Waals surface area contributed by atoms with Crippen LogP contribution in [0.2, 0.25) is 0 Å². The molecule has 0 bridgehead atoms. The minimum absolute atomic E-state index is 0.321. The first kappa shape index (κ1) is 13.7. The lowest BCUT2D eigenvalue weighted by Crippen LogP contribution is -2.06. The van der Waals surface area contributed by atoms with Crippen LogP contribution in [-0.2, 0) is 11.8 Å². The van der Waals surface area contributed by atoms with E-state index < -0.39 is 0 Å². The van der Waals surface area contributed by atoms with Gasteiger partial charge in [0.05, 0.1) is 6.61 Å². The predicted molar refractivity (Wildman–Crippen MR) is 76.4 cm³/mol. The van der Waals surface area contributed by atoms with Crippen LogP contribution in [0.15, 0.2) is 35.4 Å². The number of ether oxygens (including phenoxy) is 1. The van der Waals surface area contributed by atoms with Gasteiger partial charge < -0.3 is 4.74 Å². The van der Waals surface area contributed by atoms with Crippen molar-refractivity contribution in [2.75, 3.05) is 12.9 Å². The third-order valence-corrected chi connectivity index (χ3v) is 3.57. The number of nitrogens with zero attached hydrogens (tertiary/aromatic N) is 2. The fraction of sp³-hybridized carbons (Fsp3) is 0.286. The van der Waals surface area contributed by atoms with E-state index in [0.29, 0.717) is 17.9 Å². The average Bonchev–Trinajstić information content (AvgIpc) is 2.77. The molecule has 19 heavy (non-hydrogen) atoms. The maximum atomic E-state index is 12.1. The molecule has 0 aliphatic rings. The molecule has 5 heteroatoms. The highest BCUT2D eigenvalue weighted by atomic mass is 32.2. The molecule has 1 aromatic heterocycles. The van der Waals surface area contributed by atoms with Gasteiger partial charge in [-0.05, 0) is 13.2 Å². The number of aromatic nitrogens is 2. The summed E-state index contributed by atoms with van der Waals surface area (Å²) in [6.45, 7) is 2.16. The van der Waals surface area contributed by atoms with Gasteiger partial charge >= 0.3 is 5.97 Å². The number of rotatable bonds is 4. The molecule has 0 saturated carbocycles. The molecule has 1 aromatic carbocycles. The summed E-state index contributed by atoms with van der Waals surface area (Å²) in [7, 11) is 1.83. The van der Waals surface area contributed by atoms with Gasteiger partial charge in [0.1, 0.15) is 16.3 Å². The van der Waals surface area contributed by atoms with E-state index in [1.54, 1.807) is 11.6 Å². The van der Waals surface area contributed by atoms with E-state index in [-0.39, 0.29) is 5.97 Å². The number of benzene rings is 1. The maximum Gasteiger partial charge on any atom is 0.343 e. The van der Waals surface area contributed by atoms with Crippen molar-refractivity contribution in [3.8, 4) is 11.3 Å². The Labute approximate surface area is 116 Å². The van der Waals surface area contributed by atoms with Gasteiger partial charge in [-0.2, -0.15) is 5.10 Å². The second-order valence-electron chi connectivity index (χ2n) is 3.94. The molecule has 2 rings (SSSR count). The third-order valence-electron chi connectivity index (χ3n) is 2.71. The van der Waals surface area contributed by atoms with Crippen molar-refractivity contribution < 1.29 is 9.53 Å². The van der Waals surface area contributed by atoms with Crippen LogP contribution in [0.4, 0.5) is 0 Å². The van der Waals surface area contributed by atoms with E-state index in [1.165, 1.54) is 11.8 Å². The molecule has 2 aromatic rings. The average molecular weight is 276 g/mol. The predicted octanol–water partition coefficient (Wildman–Crippen LogP) is 2.99. The van der Waals surface area contributed by atoms with Crippen molar-refractivity contribution in [2.24, 2.45) is 7.05 Å². The summed E-state index contributed by atoms with van der Waals surface area (Å²) < 4.78 is 6.86. The van der Waals surface area contributed by atoms with Gasteiger partial charge in [0.2, 0.25) is 0 Å². The van der Waals surface area contributed by atoms with Crippen molar-refractivity contribution in [1.29, 1.82) is 0 Å². The van der Waals surface area contributed by atoms with Crippen LogP contribution >= 0.6 is 11.8 Å². The monoisotopic (exact) mass is 276 g/mol. The summed E-state index contributed by atoms with van der Waals surface area (Å²) in [6, 6.07) is 9.67. The van der Waals surface area contributed by atoms with Gasteiger partial charge in [-0.15, -0.1) is 11.8 Å². The Morgan fingerprint density at radius 2 is 2.05 bits per heavy atom. The molecule has 0 fully saturated rings. The van der Waals surface area contributed by atoms with Crippen LogP contribution < -0.4 is 0 Å². The lowest BCUT2D eigenvalue weighted by atomic mass is 10.1. The van der Waals surface area contributed by atoms with Crippen LogP contribution in [-0.4, -0.2) is 28.6 Å². The maximum absolute atomic E-state index is 12.1. The summed E-state index contributed by atoms with van der Waals surface area (Å²) >= 11 is 1.49. The first-order chi connectivity index (χ1) is 9.19. The quantitative estimate of drug-likeness (QED) is 0.636. The van der Waals surface area contributed by atoms with E-state index in [4.69, 9.17) is 4.74 Å². The summed E-state index contributed by atoms with van der Waals surface area (Å²) in [4.78, 5) is 12.1. The molecule has 0 amide bonds. The van der Waals surface area contributed by atoms with Crippen LogP contribution in [0, 0.1) is 0 Å². The number of hydrogen-bond acceptors (Lipinski definition) is 4. The molecular weight excluding hydrogens is 260 g/mol. The number of hydrogen-bond donors (Lipinski definition) is 0. The molecule has 0 aliphatic carbocycles. The highest BCUT2D eigenvalue weighted by Gasteiger charge is 2.24. The lowest BCUT2D eigenvalue weighted by Gasteiger charge is -2.04. The normalized spacial score (nSPS) is 10.5. The zero-order valence-electron chi connectivity index (χ0n) is 11.2. The SMILES string of the molecule is CCOC(=O)c1c(-c2ccccc2)nn(C)c1SC. The number of aryl methyl sites for hydroxylation is 1. The first-order valence-electron chi connectivity index (χ1n) is 6.02. The van der Waals surface area contributed by atoms with Crippen molar-refractivity contribution in [3.05, 3.63) is 35.9 Å². The molecule has 0 saturated heterocycles. The first-order valence-corrected chi connectivity index (χ1v) is 7.25. The van der Waals surface area contributed by atoms with Crippen LogP contribution in [0.5, 0.6) is 0 Å². The van der Waals surface area contributed by atoms with Crippen molar-refractivity contribution >= 4 is 17.7 Å². The van der Waals surface area contributed by atoms with Gasteiger partial charge in [0.25, 0.3) is 0 Å². The van der Waals surface area contributed by atoms with E-state index in [9.17, 15) is 4.79 Å². The van der Waals surface area contributed by atoms with Gasteiger partial charge in [0.15, 0.2) is 0 Å². The second-order valence-corrected chi connectivity index (χ2v) is 4.74. The lowest BCUT2D eigenvalue weighted by molar-refractivity contribution is 0.0522. The Hall–Kier alpha value is -1.75. The van der Waals surface area contributed by atoms with E-state index in [2.05, 4.69) is 5.10 Å². The van der Waals surface area contributed by atoms with Crippen LogP contribution in [0.3, 0.4) is 0 Å². The van der Waals surface area contributed by atoms with E-state index in [1.807, 2.05) is 43.6 Å². The number of carbonyl (C=O) groups excluding carboxylic acids is 1. The Morgan fingerprint density at radius 3 is 2.63 bits per heavy atom. The Morgan fingerprint density at radius 1 is 1.37 bits per heavy atom. The molecule has 4 nitrogen and oxygen atoms in total. The van der Waals surface area contributed by atoms with Gasteiger partial charge in [0, 0.05) is 12.6 Å². The topological polar surface area (TPSA) is 44.1 Å². The zero-order valence-corrected chi connectivity index (χ0v) is 12.0. The molecule has 0 N–H and O–H groups in total. The standard InChI is InChI=1S/C14H16N2O2S/c1-4-18-14(17)11-12(10-8-6-5-7-9-10)15-16(2)13(11)19-3/h5-9H,4H2,1-3H3. The Balaban J connectivity index is 2.58. The minimum Gasteiger partial charge on any atom is -0.462 e. The van der Waals surface area contributed by atoms with Gasteiger partial charge in [-0.25, -0.2) is 4.79 Å². The number of carbonyl (C=O) groups is 1. The van der Waals surface area contributed by atoms with Gasteiger partial charge in [-0.1, -0.05) is 30.3 Å². The molecule has 0 aliphatic heterocycles. The molecule has 100 valence electrons. The smallest absolute Gasteiger partial charge is 0.343 e. The zero-order chi connectivity index (χ0) is 13.8. The van der Waals surface area contributed by atoms with E-state index >= 15 is 0 Å². The highest BCUT2D eigenvalue weighted by molar-refractivity contribution is 7.98. The van der Waals surface area contributed by atoms with Crippen molar-refractivity contribution in [1.82, 2.24) is 9.78 Å². The minimum atomic E-state index is -0.321. The summed E-state index contributed by atoms with van der Waals surface area (Å²) in [6.07, 6.45) is 1.93. The molecular formula is C14H16N2O2S. The van der Waals surface area contributed by atoms with Crippen LogP contribution in [0.1, 0.15) is 17.3 Å². The number of esters is 1. The summed E-state index contributed by atoms with van der Waals surface area (Å²) in [5, 5.41) is 5.27. The Bertz CT molecular complexity index is 579. The third kappa shape index (κ3) is 2.66. The largest absolute Gasteiger partial charge is 0.462 e. The fourth-order valence-electron chi connectivity index (χ4n) is 1.93. The molecule has 1 heterocycles. The molecule has 0 spiro atoms. The van der Waals surface area contributed by atoms with Gasteiger partial charge in [-0.3, -0.25) is 4.68 Å². The summed E-state index contributed by atoms with van der Waals surface area (Å²) in [5.41, 5.74) is 2.13. The van der Waals surface area contributed by atoms with Crippen molar-refractivity contribution in [3.63, 3.8) is 0 Å². The van der Waals surface area contributed by atoms with Crippen LogP contribution in [0.25, 0.3) is 11.3 Å². The second kappa shape index (κ2) is 5.93. The Kier molecular flexibility index (Phi) is 4.27.